The first-order valence-corrected chi connectivity index (χ1v) is 8.54. The highest BCUT2D eigenvalue weighted by Gasteiger charge is 2.35. The molecule has 5 heteroatoms. The van der Waals surface area contributed by atoms with Gasteiger partial charge in [0, 0.05) is 6.07 Å². The number of carbonyl (C=O) groups is 1. The summed E-state index contributed by atoms with van der Waals surface area (Å²) in [5, 5.41) is 0. The molecular formula is C19H21N3O2. The summed E-state index contributed by atoms with van der Waals surface area (Å²) in [6.07, 6.45) is 4.78. The summed E-state index contributed by atoms with van der Waals surface area (Å²) in [6, 6.07) is 9.90. The van der Waals surface area contributed by atoms with E-state index in [-0.39, 0.29) is 17.3 Å². The predicted molar refractivity (Wildman–Crippen MR) is 91.0 cm³/mol. The maximum atomic E-state index is 12.6. The van der Waals surface area contributed by atoms with E-state index in [1.54, 1.807) is 11.5 Å². The zero-order valence-corrected chi connectivity index (χ0v) is 13.7. The van der Waals surface area contributed by atoms with Crippen molar-refractivity contribution >= 4 is 5.91 Å². The van der Waals surface area contributed by atoms with Crippen molar-refractivity contribution in [1.82, 2.24) is 9.55 Å². The van der Waals surface area contributed by atoms with E-state index >= 15 is 0 Å². The molecule has 1 aromatic heterocycles. The van der Waals surface area contributed by atoms with Crippen LogP contribution in [0, 0.1) is 12.8 Å². The van der Waals surface area contributed by atoms with Crippen LogP contribution in [-0.4, -0.2) is 15.5 Å². The quantitative estimate of drug-likeness (QED) is 0.918. The summed E-state index contributed by atoms with van der Waals surface area (Å²) < 4.78 is 1.72. The highest BCUT2D eigenvalue weighted by atomic mass is 16.1. The lowest BCUT2D eigenvalue weighted by Gasteiger charge is -2.22. The molecule has 2 N–H and O–H groups in total. The Kier molecular flexibility index (Phi) is 3.52. The second-order valence-electron chi connectivity index (χ2n) is 6.98. The molecule has 2 aliphatic rings. The second-order valence-corrected chi connectivity index (χ2v) is 6.98. The van der Waals surface area contributed by atoms with Gasteiger partial charge in [0.05, 0.1) is 6.04 Å². The molecule has 124 valence electrons. The number of primary amides is 1. The molecule has 0 unspecified atom stereocenters. The van der Waals surface area contributed by atoms with Crippen LogP contribution in [0.1, 0.15) is 65.1 Å². The average molecular weight is 323 g/mol. The molecule has 4 rings (SSSR count). The standard InChI is InChI=1S/C19H21N3O2/c1-11-21-16(19(20)24)10-17(23)22(11)18(15-8-9-15)14-6-4-13(5-7-14)12-2-3-12/h4-7,10,12,15,18H,2-3,8-9H2,1H3,(H2,20,24)/t18-/m0/s1. The summed E-state index contributed by atoms with van der Waals surface area (Å²) in [5.41, 5.74) is 7.62. The lowest BCUT2D eigenvalue weighted by atomic mass is 9.99. The van der Waals surface area contributed by atoms with E-state index in [4.69, 9.17) is 5.73 Å². The third kappa shape index (κ3) is 2.75. The highest BCUT2D eigenvalue weighted by Crippen LogP contribution is 2.44. The van der Waals surface area contributed by atoms with E-state index in [1.165, 1.54) is 24.5 Å². The number of carbonyl (C=O) groups excluding carboxylic acids is 1. The third-order valence-corrected chi connectivity index (χ3v) is 5.05. The highest BCUT2D eigenvalue weighted by molar-refractivity contribution is 5.90. The molecule has 2 fully saturated rings. The second kappa shape index (κ2) is 5.58. The Morgan fingerprint density at radius 3 is 2.38 bits per heavy atom. The first-order valence-electron chi connectivity index (χ1n) is 8.54. The SMILES string of the molecule is Cc1nc(C(N)=O)cc(=O)n1[C@@H](c1ccc(C2CC2)cc1)C1CC1. The minimum atomic E-state index is -0.667. The Balaban J connectivity index is 1.76. The third-order valence-electron chi connectivity index (χ3n) is 5.05. The molecule has 5 nitrogen and oxygen atoms in total. The van der Waals surface area contributed by atoms with Crippen LogP contribution < -0.4 is 11.3 Å². The minimum absolute atomic E-state index is 0.0137. The number of rotatable bonds is 5. The lowest BCUT2D eigenvalue weighted by Crippen LogP contribution is -2.31. The molecule has 0 bridgehead atoms. The first kappa shape index (κ1) is 15.1. The summed E-state index contributed by atoms with van der Waals surface area (Å²) in [5.74, 6) is 1.05. The number of aryl methyl sites for hydroxylation is 1. The summed E-state index contributed by atoms with van der Waals surface area (Å²) in [4.78, 5) is 28.2. The molecule has 2 aromatic rings. The molecular weight excluding hydrogens is 302 g/mol. The molecule has 1 atom stereocenters. The fourth-order valence-corrected chi connectivity index (χ4v) is 3.50. The van der Waals surface area contributed by atoms with Gasteiger partial charge < -0.3 is 5.73 Å². The van der Waals surface area contributed by atoms with Crippen LogP contribution in [0.4, 0.5) is 0 Å². The van der Waals surface area contributed by atoms with Crippen LogP contribution in [0.25, 0.3) is 0 Å². The number of aromatic nitrogens is 2. The predicted octanol–water partition coefficient (Wildman–Crippen LogP) is 2.53. The lowest BCUT2D eigenvalue weighted by molar-refractivity contribution is 0.0994. The first-order chi connectivity index (χ1) is 11.5. The van der Waals surface area contributed by atoms with Crippen LogP contribution in [0.5, 0.6) is 0 Å². The van der Waals surface area contributed by atoms with E-state index in [1.807, 2.05) is 0 Å². The normalized spacial score (nSPS) is 18.4. The fraction of sp³-hybridized carbons (Fsp3) is 0.421. The van der Waals surface area contributed by atoms with Crippen molar-refractivity contribution in [2.45, 2.75) is 44.6 Å². The van der Waals surface area contributed by atoms with E-state index < -0.39 is 5.91 Å². The Bertz CT molecular complexity index is 846. The van der Waals surface area contributed by atoms with Gasteiger partial charge in [-0.2, -0.15) is 0 Å². The fourth-order valence-electron chi connectivity index (χ4n) is 3.50. The molecule has 1 heterocycles. The van der Waals surface area contributed by atoms with Crippen molar-refractivity contribution in [2.75, 3.05) is 0 Å². The maximum absolute atomic E-state index is 12.6. The largest absolute Gasteiger partial charge is 0.364 e. The van der Waals surface area contributed by atoms with Gasteiger partial charge in [-0.1, -0.05) is 24.3 Å². The molecule has 1 aromatic carbocycles. The monoisotopic (exact) mass is 323 g/mol. The smallest absolute Gasteiger partial charge is 0.267 e. The van der Waals surface area contributed by atoms with Gasteiger partial charge in [0.25, 0.3) is 11.5 Å². The molecule has 0 aliphatic heterocycles. The van der Waals surface area contributed by atoms with Gasteiger partial charge >= 0.3 is 0 Å². The van der Waals surface area contributed by atoms with Crippen molar-refractivity contribution in [3.63, 3.8) is 0 Å². The number of hydrogen-bond donors (Lipinski definition) is 1. The van der Waals surface area contributed by atoms with E-state index in [0.29, 0.717) is 11.7 Å². The van der Waals surface area contributed by atoms with Gasteiger partial charge in [0.2, 0.25) is 0 Å². The number of benzene rings is 1. The molecule has 0 spiro atoms. The number of hydrogen-bond acceptors (Lipinski definition) is 3. The van der Waals surface area contributed by atoms with E-state index in [0.717, 1.165) is 24.3 Å². The van der Waals surface area contributed by atoms with Crippen molar-refractivity contribution in [3.8, 4) is 0 Å². The summed E-state index contributed by atoms with van der Waals surface area (Å²) in [7, 11) is 0. The molecule has 2 saturated carbocycles. The van der Waals surface area contributed by atoms with Crippen LogP contribution in [0.2, 0.25) is 0 Å². The molecule has 2 aliphatic carbocycles. The molecule has 1 amide bonds. The Morgan fingerprint density at radius 2 is 1.88 bits per heavy atom. The maximum Gasteiger partial charge on any atom is 0.267 e. The van der Waals surface area contributed by atoms with Crippen molar-refractivity contribution in [1.29, 1.82) is 0 Å². The van der Waals surface area contributed by atoms with Crippen LogP contribution in [0.3, 0.4) is 0 Å². The van der Waals surface area contributed by atoms with Gasteiger partial charge in [-0.05, 0) is 55.6 Å². The molecule has 0 radical (unpaired) electrons. The number of nitrogens with two attached hydrogens (primary N) is 1. The average Bonchev–Trinajstić information content (AvgIpc) is 3.44. The summed E-state index contributed by atoms with van der Waals surface area (Å²) in [6.45, 7) is 1.77. The van der Waals surface area contributed by atoms with Gasteiger partial charge in [-0.25, -0.2) is 4.98 Å². The Labute approximate surface area is 140 Å². The molecule has 0 saturated heterocycles. The molecule has 24 heavy (non-hydrogen) atoms. The van der Waals surface area contributed by atoms with Gasteiger partial charge in [-0.15, -0.1) is 0 Å². The van der Waals surface area contributed by atoms with Crippen LogP contribution in [0.15, 0.2) is 35.1 Å². The van der Waals surface area contributed by atoms with Crippen LogP contribution >= 0.6 is 0 Å². The minimum Gasteiger partial charge on any atom is -0.364 e. The zero-order chi connectivity index (χ0) is 16.8. The Hall–Kier alpha value is -2.43. The number of nitrogens with zero attached hydrogens (tertiary/aromatic N) is 2. The van der Waals surface area contributed by atoms with Gasteiger partial charge in [0.15, 0.2) is 0 Å². The van der Waals surface area contributed by atoms with E-state index in [2.05, 4.69) is 29.2 Å². The number of amides is 1. The van der Waals surface area contributed by atoms with Gasteiger partial charge in [0.1, 0.15) is 11.5 Å². The zero-order valence-electron chi connectivity index (χ0n) is 13.7. The van der Waals surface area contributed by atoms with Crippen molar-refractivity contribution < 1.29 is 4.79 Å². The topological polar surface area (TPSA) is 78.0 Å². The van der Waals surface area contributed by atoms with Crippen molar-refractivity contribution in [3.05, 3.63) is 63.3 Å². The van der Waals surface area contributed by atoms with Crippen LogP contribution in [-0.2, 0) is 0 Å². The van der Waals surface area contributed by atoms with Crippen molar-refractivity contribution in [2.24, 2.45) is 11.7 Å². The Morgan fingerprint density at radius 1 is 1.21 bits per heavy atom. The van der Waals surface area contributed by atoms with Gasteiger partial charge in [-0.3, -0.25) is 14.2 Å². The summed E-state index contributed by atoms with van der Waals surface area (Å²) >= 11 is 0. The van der Waals surface area contributed by atoms with E-state index in [9.17, 15) is 9.59 Å².